The first-order valence-corrected chi connectivity index (χ1v) is 17.7. The van der Waals surface area contributed by atoms with Crippen LogP contribution >= 0.6 is 0 Å². The van der Waals surface area contributed by atoms with Gasteiger partial charge < -0.3 is 34.7 Å². The van der Waals surface area contributed by atoms with Crippen LogP contribution in [0.15, 0.2) is 78.9 Å². The number of carbonyl (C=O) groups is 3. The SMILES string of the molecule is COC(=O)[C@H](Cc1ccccc1)NC(=O)NCc1ccc([C@@H]2O[C@H](CN3CCC[C@H]3C(=O)OC(C)(C)C)[C@H](C)[C@H](c3ccc(CO)cc3)O2)cc1. The molecular formula is C40H51N3O8. The molecule has 5 rings (SSSR count). The molecule has 2 saturated heterocycles. The summed E-state index contributed by atoms with van der Waals surface area (Å²) in [6, 6.07) is 23.2. The molecule has 51 heavy (non-hydrogen) atoms. The van der Waals surface area contributed by atoms with Crippen molar-refractivity contribution in [2.24, 2.45) is 5.92 Å². The van der Waals surface area contributed by atoms with Crippen LogP contribution in [-0.4, -0.2) is 72.0 Å². The van der Waals surface area contributed by atoms with E-state index in [9.17, 15) is 19.5 Å². The Hall–Kier alpha value is -4.29. The lowest BCUT2D eigenvalue weighted by atomic mass is 9.90. The molecule has 0 radical (unpaired) electrons. The molecule has 3 aromatic rings. The van der Waals surface area contributed by atoms with Crippen LogP contribution in [0, 0.1) is 5.92 Å². The van der Waals surface area contributed by atoms with Crippen molar-refractivity contribution < 1.29 is 38.4 Å². The zero-order chi connectivity index (χ0) is 36.5. The Morgan fingerprint density at radius 2 is 1.59 bits per heavy atom. The van der Waals surface area contributed by atoms with E-state index in [-0.39, 0.29) is 43.3 Å². The molecule has 3 aromatic carbocycles. The number of carbonyl (C=O) groups excluding carboxylic acids is 3. The highest BCUT2D eigenvalue weighted by Gasteiger charge is 2.42. The van der Waals surface area contributed by atoms with E-state index in [0.29, 0.717) is 13.0 Å². The van der Waals surface area contributed by atoms with Crippen LogP contribution in [-0.2, 0) is 48.1 Å². The van der Waals surface area contributed by atoms with Crippen molar-refractivity contribution in [3.8, 4) is 0 Å². The van der Waals surface area contributed by atoms with Crippen LogP contribution in [0.1, 0.15) is 80.7 Å². The summed E-state index contributed by atoms with van der Waals surface area (Å²) in [5, 5.41) is 15.2. The Morgan fingerprint density at radius 3 is 2.24 bits per heavy atom. The van der Waals surface area contributed by atoms with Crippen LogP contribution < -0.4 is 10.6 Å². The molecule has 6 atom stereocenters. The van der Waals surface area contributed by atoms with Gasteiger partial charge >= 0.3 is 18.0 Å². The third kappa shape index (κ3) is 10.4. The molecule has 0 aromatic heterocycles. The molecule has 0 aliphatic carbocycles. The molecule has 2 heterocycles. The minimum absolute atomic E-state index is 0.0425. The van der Waals surface area contributed by atoms with Gasteiger partial charge in [-0.2, -0.15) is 0 Å². The minimum Gasteiger partial charge on any atom is -0.467 e. The molecule has 274 valence electrons. The zero-order valence-electron chi connectivity index (χ0n) is 30.2. The van der Waals surface area contributed by atoms with E-state index in [1.807, 2.05) is 99.6 Å². The highest BCUT2D eigenvalue weighted by atomic mass is 16.7. The molecule has 11 heteroatoms. The number of urea groups is 1. The van der Waals surface area contributed by atoms with Crippen LogP contribution in [0.5, 0.6) is 0 Å². The number of nitrogens with one attached hydrogen (secondary N) is 2. The smallest absolute Gasteiger partial charge is 0.328 e. The summed E-state index contributed by atoms with van der Waals surface area (Å²) < 4.78 is 23.9. The van der Waals surface area contributed by atoms with E-state index >= 15 is 0 Å². The number of hydrogen-bond acceptors (Lipinski definition) is 9. The lowest BCUT2D eigenvalue weighted by Crippen LogP contribution is -2.48. The fourth-order valence-corrected chi connectivity index (χ4v) is 6.61. The molecule has 2 aliphatic heterocycles. The molecule has 2 fully saturated rings. The van der Waals surface area contributed by atoms with Gasteiger partial charge in [0, 0.05) is 31.0 Å². The molecule has 0 saturated carbocycles. The minimum atomic E-state index is -0.830. The van der Waals surface area contributed by atoms with E-state index in [2.05, 4.69) is 22.5 Å². The van der Waals surface area contributed by atoms with Crippen molar-refractivity contribution in [1.82, 2.24) is 15.5 Å². The average Bonchev–Trinajstić information content (AvgIpc) is 3.59. The van der Waals surface area contributed by atoms with Crippen molar-refractivity contribution >= 4 is 18.0 Å². The summed E-state index contributed by atoms with van der Waals surface area (Å²) in [5.74, 6) is -0.771. The summed E-state index contributed by atoms with van der Waals surface area (Å²) in [5.41, 5.74) is 3.80. The molecule has 3 N–H and O–H groups in total. The van der Waals surface area contributed by atoms with Crippen LogP contribution in [0.25, 0.3) is 0 Å². The van der Waals surface area contributed by atoms with Crippen molar-refractivity contribution in [3.05, 3.63) is 107 Å². The number of methoxy groups -OCH3 is 1. The summed E-state index contributed by atoms with van der Waals surface area (Å²) in [7, 11) is 1.30. The van der Waals surface area contributed by atoms with Gasteiger partial charge in [-0.3, -0.25) is 9.69 Å². The number of ether oxygens (including phenoxy) is 4. The summed E-state index contributed by atoms with van der Waals surface area (Å²) in [6.07, 6.45) is 0.723. The highest BCUT2D eigenvalue weighted by Crippen LogP contribution is 2.42. The number of likely N-dealkylation sites (tertiary alicyclic amines) is 1. The Morgan fingerprint density at radius 1 is 0.922 bits per heavy atom. The van der Waals surface area contributed by atoms with Gasteiger partial charge in [-0.05, 0) is 62.4 Å². The second kappa shape index (κ2) is 17.3. The lowest BCUT2D eigenvalue weighted by Gasteiger charge is -2.43. The van der Waals surface area contributed by atoms with Crippen LogP contribution in [0.4, 0.5) is 4.79 Å². The molecule has 0 unspecified atom stereocenters. The Bertz CT molecular complexity index is 1590. The molecule has 2 aliphatic rings. The first-order chi connectivity index (χ1) is 24.4. The Kier molecular flexibility index (Phi) is 12.9. The summed E-state index contributed by atoms with van der Waals surface area (Å²) >= 11 is 0. The average molecular weight is 702 g/mol. The fraction of sp³-hybridized carbons (Fsp3) is 0.475. The largest absolute Gasteiger partial charge is 0.467 e. The van der Waals surface area contributed by atoms with Crippen LogP contribution in [0.2, 0.25) is 0 Å². The number of amides is 2. The van der Waals surface area contributed by atoms with E-state index in [1.165, 1.54) is 7.11 Å². The van der Waals surface area contributed by atoms with Crippen LogP contribution in [0.3, 0.4) is 0 Å². The standard InChI is InChI=1S/C40H51N3O8/c1-26-34(24-43-21-9-12-33(43)37(46)51-40(2,3)4)49-38(50-35(26)30-17-15-29(25-44)16-18-30)31-19-13-28(14-20-31)23-41-39(47)42-32(36(45)48-5)22-27-10-7-6-8-11-27/h6-8,10-11,13-20,26,32-35,38,44H,9,12,21-25H2,1-5H3,(H2,41,42,47)/t26-,32-,33-,34+,35+,38+/m0/s1. The van der Waals surface area contributed by atoms with Crippen molar-refractivity contribution in [2.75, 3.05) is 20.2 Å². The number of aliphatic hydroxyl groups excluding tert-OH is 1. The van der Waals surface area contributed by atoms with E-state index in [0.717, 1.165) is 47.2 Å². The number of benzene rings is 3. The van der Waals surface area contributed by atoms with Gasteiger partial charge in [0.2, 0.25) is 0 Å². The normalized spacial score (nSPS) is 22.9. The maximum absolute atomic E-state index is 13.1. The summed E-state index contributed by atoms with van der Waals surface area (Å²) in [4.78, 5) is 40.5. The van der Waals surface area contributed by atoms with E-state index in [1.54, 1.807) is 0 Å². The van der Waals surface area contributed by atoms with E-state index < -0.39 is 29.9 Å². The Labute approximate surface area is 300 Å². The van der Waals surface area contributed by atoms with E-state index in [4.69, 9.17) is 18.9 Å². The molecule has 0 spiro atoms. The molecule has 11 nitrogen and oxygen atoms in total. The number of hydrogen-bond donors (Lipinski definition) is 3. The zero-order valence-corrected chi connectivity index (χ0v) is 30.2. The summed E-state index contributed by atoms with van der Waals surface area (Å²) in [6.45, 7) is 9.27. The quantitative estimate of drug-likeness (QED) is 0.213. The molecular weight excluding hydrogens is 650 g/mol. The first-order valence-electron chi connectivity index (χ1n) is 17.7. The van der Waals surface area contributed by atoms with Gasteiger partial charge in [0.1, 0.15) is 17.7 Å². The maximum Gasteiger partial charge on any atom is 0.328 e. The number of esters is 2. The van der Waals surface area contributed by atoms with Gasteiger partial charge in [-0.1, -0.05) is 85.8 Å². The third-order valence-electron chi connectivity index (χ3n) is 9.36. The second-order valence-corrected chi connectivity index (χ2v) is 14.3. The van der Waals surface area contributed by atoms with Gasteiger partial charge in [-0.25, -0.2) is 9.59 Å². The van der Waals surface area contributed by atoms with Crippen molar-refractivity contribution in [3.63, 3.8) is 0 Å². The predicted octanol–water partition coefficient (Wildman–Crippen LogP) is 5.36. The number of rotatable bonds is 12. The fourth-order valence-electron chi connectivity index (χ4n) is 6.61. The van der Waals surface area contributed by atoms with Gasteiger partial charge in [0.15, 0.2) is 6.29 Å². The van der Waals surface area contributed by atoms with Gasteiger partial charge in [0.25, 0.3) is 0 Å². The lowest BCUT2D eigenvalue weighted by molar-refractivity contribution is -0.276. The monoisotopic (exact) mass is 701 g/mol. The van der Waals surface area contributed by atoms with Gasteiger partial charge in [-0.15, -0.1) is 0 Å². The predicted molar refractivity (Wildman–Crippen MR) is 191 cm³/mol. The second-order valence-electron chi connectivity index (χ2n) is 14.3. The Balaban J connectivity index is 1.26. The number of nitrogens with zero attached hydrogens (tertiary/aromatic N) is 1. The molecule has 0 bridgehead atoms. The number of aliphatic hydroxyl groups is 1. The van der Waals surface area contributed by atoms with Gasteiger partial charge in [0.05, 0.1) is 25.9 Å². The van der Waals surface area contributed by atoms with Crippen molar-refractivity contribution in [2.45, 2.75) is 96.3 Å². The first kappa shape index (κ1) is 38.0. The highest BCUT2D eigenvalue weighted by molar-refractivity contribution is 5.83. The maximum atomic E-state index is 13.1. The van der Waals surface area contributed by atoms with Crippen molar-refractivity contribution in [1.29, 1.82) is 0 Å². The topological polar surface area (TPSA) is 136 Å². The third-order valence-corrected chi connectivity index (χ3v) is 9.36. The molecule has 2 amide bonds.